The predicted molar refractivity (Wildman–Crippen MR) is 63.6 cm³/mol. The highest BCUT2D eigenvalue weighted by Crippen LogP contribution is 2.38. The summed E-state index contributed by atoms with van der Waals surface area (Å²) in [5.74, 6) is 0.921. The van der Waals surface area contributed by atoms with Crippen molar-refractivity contribution >= 4 is 15.9 Å². The number of rotatable bonds is 3. The van der Waals surface area contributed by atoms with E-state index in [1.807, 2.05) is 26.0 Å². The molecule has 0 N–H and O–H groups in total. The second-order valence-corrected chi connectivity index (χ2v) is 5.67. The predicted octanol–water partition coefficient (Wildman–Crippen LogP) is 3.09. The molecule has 1 heterocycles. The number of benzene rings is 1. The van der Waals surface area contributed by atoms with Gasteiger partial charge < -0.3 is 9.47 Å². The minimum Gasteiger partial charge on any atom is -0.491 e. The highest BCUT2D eigenvalue weighted by molar-refractivity contribution is 9.09. The van der Waals surface area contributed by atoms with E-state index in [2.05, 4.69) is 28.1 Å². The van der Waals surface area contributed by atoms with Gasteiger partial charge in [0.05, 0.1) is 23.6 Å². The van der Waals surface area contributed by atoms with Gasteiger partial charge in [-0.1, -0.05) is 28.1 Å². The molecule has 2 rings (SSSR count). The smallest absolute Gasteiger partial charge is 0.119 e. The molecule has 82 valence electrons. The molecule has 1 aliphatic heterocycles. The summed E-state index contributed by atoms with van der Waals surface area (Å²) in [6.07, 6.45) is 0.223. The first-order chi connectivity index (χ1) is 7.10. The molecule has 0 aromatic heterocycles. The standard InChI is InChI=1S/C12H15BrO2/c1-9(2)15-11-5-3-10(4-6-11)12(13)7-14-8-12/h3-6,9H,7-8H2,1-2H3. The van der Waals surface area contributed by atoms with E-state index in [0.29, 0.717) is 0 Å². The highest BCUT2D eigenvalue weighted by Gasteiger charge is 2.37. The Kier molecular flexibility index (Phi) is 3.03. The molecule has 0 atom stereocenters. The van der Waals surface area contributed by atoms with Crippen LogP contribution >= 0.6 is 15.9 Å². The lowest BCUT2D eigenvalue weighted by Gasteiger charge is -2.36. The van der Waals surface area contributed by atoms with Crippen molar-refractivity contribution in [1.82, 2.24) is 0 Å². The average molecular weight is 271 g/mol. The Morgan fingerprint density at radius 1 is 1.27 bits per heavy atom. The summed E-state index contributed by atoms with van der Waals surface area (Å²) in [5, 5.41) is 0. The number of hydrogen-bond donors (Lipinski definition) is 0. The van der Waals surface area contributed by atoms with Crippen LogP contribution in [0.3, 0.4) is 0 Å². The molecule has 1 fully saturated rings. The number of halogens is 1. The monoisotopic (exact) mass is 270 g/mol. The maximum Gasteiger partial charge on any atom is 0.119 e. The first kappa shape index (κ1) is 11.0. The SMILES string of the molecule is CC(C)Oc1ccc(C2(Br)COC2)cc1. The quantitative estimate of drug-likeness (QED) is 0.786. The van der Waals surface area contributed by atoms with E-state index in [9.17, 15) is 0 Å². The van der Waals surface area contributed by atoms with Crippen molar-refractivity contribution in [2.45, 2.75) is 24.3 Å². The van der Waals surface area contributed by atoms with Crippen LogP contribution in [0.4, 0.5) is 0 Å². The average Bonchev–Trinajstić information content (AvgIpc) is 2.14. The minimum absolute atomic E-state index is 0.0311. The summed E-state index contributed by atoms with van der Waals surface area (Å²) in [5.41, 5.74) is 1.25. The zero-order chi connectivity index (χ0) is 10.9. The summed E-state index contributed by atoms with van der Waals surface area (Å²) < 4.78 is 10.8. The second-order valence-electron chi connectivity index (χ2n) is 4.15. The molecule has 1 aromatic carbocycles. The van der Waals surface area contributed by atoms with E-state index in [1.165, 1.54) is 5.56 Å². The molecule has 0 aliphatic carbocycles. The molecular weight excluding hydrogens is 256 g/mol. The fourth-order valence-electron chi connectivity index (χ4n) is 1.55. The topological polar surface area (TPSA) is 18.5 Å². The van der Waals surface area contributed by atoms with E-state index in [-0.39, 0.29) is 10.4 Å². The first-order valence-corrected chi connectivity index (χ1v) is 5.93. The van der Waals surface area contributed by atoms with Gasteiger partial charge in [-0.3, -0.25) is 0 Å². The fraction of sp³-hybridized carbons (Fsp3) is 0.500. The lowest BCUT2D eigenvalue weighted by Crippen LogP contribution is -2.40. The van der Waals surface area contributed by atoms with Crippen LogP contribution in [0.2, 0.25) is 0 Å². The summed E-state index contributed by atoms with van der Waals surface area (Å²) in [6.45, 7) is 5.55. The van der Waals surface area contributed by atoms with Crippen molar-refractivity contribution in [1.29, 1.82) is 0 Å². The number of hydrogen-bond acceptors (Lipinski definition) is 2. The summed E-state index contributed by atoms with van der Waals surface area (Å²) in [6, 6.07) is 8.21. The highest BCUT2D eigenvalue weighted by atomic mass is 79.9. The Labute approximate surface area is 98.7 Å². The van der Waals surface area contributed by atoms with Gasteiger partial charge in [-0.25, -0.2) is 0 Å². The van der Waals surface area contributed by atoms with Gasteiger partial charge in [0.2, 0.25) is 0 Å². The van der Waals surface area contributed by atoms with E-state index < -0.39 is 0 Å². The van der Waals surface area contributed by atoms with Gasteiger partial charge in [0, 0.05) is 0 Å². The Morgan fingerprint density at radius 2 is 1.87 bits per heavy atom. The third kappa shape index (κ3) is 2.34. The van der Waals surface area contributed by atoms with E-state index >= 15 is 0 Å². The molecule has 1 saturated heterocycles. The molecule has 15 heavy (non-hydrogen) atoms. The van der Waals surface area contributed by atoms with Crippen molar-refractivity contribution in [3.8, 4) is 5.75 Å². The molecule has 0 saturated carbocycles. The fourth-order valence-corrected chi connectivity index (χ4v) is 2.14. The van der Waals surface area contributed by atoms with E-state index in [0.717, 1.165) is 19.0 Å². The van der Waals surface area contributed by atoms with Crippen LogP contribution in [0.5, 0.6) is 5.75 Å². The largest absolute Gasteiger partial charge is 0.491 e. The molecule has 2 nitrogen and oxygen atoms in total. The van der Waals surface area contributed by atoms with Crippen molar-refractivity contribution in [2.24, 2.45) is 0 Å². The van der Waals surface area contributed by atoms with E-state index in [1.54, 1.807) is 0 Å². The second kappa shape index (κ2) is 4.14. The maximum atomic E-state index is 5.59. The Hall–Kier alpha value is -0.540. The molecule has 0 radical (unpaired) electrons. The third-order valence-corrected chi connectivity index (χ3v) is 3.32. The Morgan fingerprint density at radius 3 is 2.27 bits per heavy atom. The molecule has 3 heteroatoms. The lowest BCUT2D eigenvalue weighted by molar-refractivity contribution is -0.00701. The van der Waals surface area contributed by atoms with Crippen molar-refractivity contribution in [3.63, 3.8) is 0 Å². The van der Waals surface area contributed by atoms with Crippen LogP contribution in [0, 0.1) is 0 Å². The first-order valence-electron chi connectivity index (χ1n) is 5.14. The normalized spacial score (nSPS) is 18.7. The number of ether oxygens (including phenoxy) is 2. The van der Waals surface area contributed by atoms with Gasteiger partial charge in [0.1, 0.15) is 5.75 Å². The maximum absolute atomic E-state index is 5.59. The summed E-state index contributed by atoms with van der Waals surface area (Å²) >= 11 is 3.69. The number of alkyl halides is 1. The molecule has 0 unspecified atom stereocenters. The Balaban J connectivity index is 2.10. The van der Waals surface area contributed by atoms with Gasteiger partial charge in [-0.05, 0) is 31.5 Å². The van der Waals surface area contributed by atoms with Gasteiger partial charge in [0.15, 0.2) is 0 Å². The van der Waals surface area contributed by atoms with Crippen molar-refractivity contribution < 1.29 is 9.47 Å². The van der Waals surface area contributed by atoms with E-state index in [4.69, 9.17) is 9.47 Å². The van der Waals surface area contributed by atoms with Crippen LogP contribution in [0.15, 0.2) is 24.3 Å². The zero-order valence-corrected chi connectivity index (χ0v) is 10.6. The Bertz CT molecular complexity index is 328. The molecule has 1 aromatic rings. The lowest BCUT2D eigenvalue weighted by atomic mass is 9.97. The van der Waals surface area contributed by atoms with Crippen LogP contribution in [0.25, 0.3) is 0 Å². The van der Waals surface area contributed by atoms with Gasteiger partial charge in [-0.2, -0.15) is 0 Å². The van der Waals surface area contributed by atoms with Crippen LogP contribution < -0.4 is 4.74 Å². The van der Waals surface area contributed by atoms with Crippen LogP contribution in [0.1, 0.15) is 19.4 Å². The van der Waals surface area contributed by atoms with Crippen molar-refractivity contribution in [2.75, 3.05) is 13.2 Å². The van der Waals surface area contributed by atoms with Gasteiger partial charge in [0.25, 0.3) is 0 Å². The molecule has 0 amide bonds. The zero-order valence-electron chi connectivity index (χ0n) is 9.00. The van der Waals surface area contributed by atoms with Gasteiger partial charge in [-0.15, -0.1) is 0 Å². The molecule has 0 spiro atoms. The third-order valence-electron chi connectivity index (χ3n) is 2.41. The van der Waals surface area contributed by atoms with Crippen molar-refractivity contribution in [3.05, 3.63) is 29.8 Å². The summed E-state index contributed by atoms with van der Waals surface area (Å²) in [4.78, 5) is 0. The van der Waals surface area contributed by atoms with Crippen LogP contribution in [-0.2, 0) is 9.06 Å². The molecular formula is C12H15BrO2. The molecule has 1 aliphatic rings. The molecule has 0 bridgehead atoms. The van der Waals surface area contributed by atoms with Gasteiger partial charge >= 0.3 is 0 Å². The minimum atomic E-state index is 0.0311. The summed E-state index contributed by atoms with van der Waals surface area (Å²) in [7, 11) is 0. The van der Waals surface area contributed by atoms with Crippen LogP contribution in [-0.4, -0.2) is 19.3 Å².